The Morgan fingerprint density at radius 2 is 2.21 bits per heavy atom. The molecule has 14 heavy (non-hydrogen) atoms. The Morgan fingerprint density at radius 1 is 1.43 bits per heavy atom. The Kier molecular flexibility index (Phi) is 2.39. The summed E-state index contributed by atoms with van der Waals surface area (Å²) in [5.41, 5.74) is 1.25. The number of hydrogen-bond acceptors (Lipinski definition) is 2. The highest BCUT2D eigenvalue weighted by molar-refractivity contribution is 5.88. The van der Waals surface area contributed by atoms with Gasteiger partial charge in [-0.15, -0.1) is 0 Å². The van der Waals surface area contributed by atoms with E-state index >= 15 is 0 Å². The van der Waals surface area contributed by atoms with Crippen molar-refractivity contribution in [3.8, 4) is 0 Å². The van der Waals surface area contributed by atoms with E-state index in [4.69, 9.17) is 5.11 Å². The third-order valence-electron chi connectivity index (χ3n) is 2.59. The van der Waals surface area contributed by atoms with Crippen molar-refractivity contribution in [3.05, 3.63) is 29.8 Å². The van der Waals surface area contributed by atoms with Crippen molar-refractivity contribution < 1.29 is 9.90 Å². The van der Waals surface area contributed by atoms with Crippen LogP contribution < -0.4 is 5.32 Å². The number of carboxylic acids is 1. The van der Waals surface area contributed by atoms with Crippen molar-refractivity contribution in [2.45, 2.75) is 25.3 Å². The molecule has 3 nitrogen and oxygen atoms in total. The van der Waals surface area contributed by atoms with Crippen LogP contribution >= 0.6 is 0 Å². The van der Waals surface area contributed by atoms with Gasteiger partial charge in [0, 0.05) is 11.7 Å². The number of anilines is 1. The quantitative estimate of drug-likeness (QED) is 0.771. The largest absolute Gasteiger partial charge is 0.478 e. The predicted octanol–water partition coefficient (Wildman–Crippen LogP) is 2.35. The second-order valence-corrected chi connectivity index (χ2v) is 3.66. The summed E-state index contributed by atoms with van der Waals surface area (Å²) >= 11 is 0. The van der Waals surface area contributed by atoms with Gasteiger partial charge in [-0.05, 0) is 37.5 Å². The van der Waals surface area contributed by atoms with Gasteiger partial charge in [-0.25, -0.2) is 4.79 Å². The van der Waals surface area contributed by atoms with E-state index in [1.807, 2.05) is 6.07 Å². The van der Waals surface area contributed by atoms with Gasteiger partial charge in [0.25, 0.3) is 0 Å². The summed E-state index contributed by atoms with van der Waals surface area (Å²) in [5.74, 6) is -0.873. The summed E-state index contributed by atoms with van der Waals surface area (Å²) in [6, 6.07) is 7.50. The second kappa shape index (κ2) is 3.70. The zero-order valence-electron chi connectivity index (χ0n) is 7.86. The van der Waals surface area contributed by atoms with Gasteiger partial charge in [-0.2, -0.15) is 0 Å². The molecule has 0 aromatic heterocycles. The van der Waals surface area contributed by atoms with Gasteiger partial charge in [0.1, 0.15) is 0 Å². The van der Waals surface area contributed by atoms with E-state index in [9.17, 15) is 4.79 Å². The zero-order chi connectivity index (χ0) is 9.97. The van der Waals surface area contributed by atoms with Crippen LogP contribution in [0, 0.1) is 0 Å². The summed E-state index contributed by atoms with van der Waals surface area (Å²) in [5, 5.41) is 12.1. The van der Waals surface area contributed by atoms with E-state index in [0.29, 0.717) is 11.6 Å². The molecule has 2 rings (SSSR count). The van der Waals surface area contributed by atoms with E-state index in [1.165, 1.54) is 19.3 Å². The maximum Gasteiger partial charge on any atom is 0.335 e. The van der Waals surface area contributed by atoms with Crippen LogP contribution in [0.25, 0.3) is 0 Å². The van der Waals surface area contributed by atoms with Crippen LogP contribution in [0.15, 0.2) is 24.3 Å². The number of nitrogens with one attached hydrogen (secondary N) is 1. The average molecular weight is 191 g/mol. The summed E-state index contributed by atoms with van der Waals surface area (Å²) in [4.78, 5) is 10.7. The number of carbonyl (C=O) groups is 1. The molecule has 1 fully saturated rings. The standard InChI is InChI=1S/C11H13NO2/c13-11(14)8-3-1-6-10(7-8)12-9-4-2-5-9/h1,3,6-7,9,12H,2,4-5H2,(H,13,14). The van der Waals surface area contributed by atoms with E-state index < -0.39 is 5.97 Å². The van der Waals surface area contributed by atoms with E-state index in [2.05, 4.69) is 5.32 Å². The average Bonchev–Trinajstić information content (AvgIpc) is 2.12. The zero-order valence-corrected chi connectivity index (χ0v) is 7.86. The fourth-order valence-electron chi connectivity index (χ4n) is 1.53. The van der Waals surface area contributed by atoms with Crippen LogP contribution in [-0.4, -0.2) is 17.1 Å². The molecule has 1 aromatic carbocycles. The minimum atomic E-state index is -0.873. The Bertz CT molecular complexity index is 345. The fraction of sp³-hybridized carbons (Fsp3) is 0.364. The molecule has 0 unspecified atom stereocenters. The Labute approximate surface area is 82.8 Å². The molecule has 0 amide bonds. The molecule has 0 radical (unpaired) electrons. The summed E-state index contributed by atoms with van der Waals surface area (Å²) in [6.07, 6.45) is 3.66. The highest BCUT2D eigenvalue weighted by Crippen LogP contribution is 2.23. The fourth-order valence-corrected chi connectivity index (χ4v) is 1.53. The van der Waals surface area contributed by atoms with E-state index in [1.54, 1.807) is 18.2 Å². The van der Waals surface area contributed by atoms with Gasteiger partial charge in [0.05, 0.1) is 5.56 Å². The third kappa shape index (κ3) is 1.87. The molecule has 1 aliphatic rings. The first-order valence-corrected chi connectivity index (χ1v) is 4.85. The summed E-state index contributed by atoms with van der Waals surface area (Å²) < 4.78 is 0. The van der Waals surface area contributed by atoms with Crippen molar-refractivity contribution in [2.75, 3.05) is 5.32 Å². The van der Waals surface area contributed by atoms with Gasteiger partial charge < -0.3 is 10.4 Å². The molecule has 3 heteroatoms. The third-order valence-corrected chi connectivity index (χ3v) is 2.59. The van der Waals surface area contributed by atoms with Crippen molar-refractivity contribution in [1.82, 2.24) is 0 Å². The van der Waals surface area contributed by atoms with Gasteiger partial charge in [0.15, 0.2) is 0 Å². The molecule has 0 spiro atoms. The number of benzene rings is 1. The Morgan fingerprint density at radius 3 is 2.79 bits per heavy atom. The predicted molar refractivity (Wildman–Crippen MR) is 54.7 cm³/mol. The van der Waals surface area contributed by atoms with Gasteiger partial charge >= 0.3 is 5.97 Å². The van der Waals surface area contributed by atoms with Crippen LogP contribution in [0.4, 0.5) is 5.69 Å². The molecule has 74 valence electrons. The lowest BCUT2D eigenvalue weighted by Crippen LogP contribution is -2.26. The number of aromatic carboxylic acids is 1. The first-order chi connectivity index (χ1) is 6.75. The molecule has 0 heterocycles. The first-order valence-electron chi connectivity index (χ1n) is 4.85. The van der Waals surface area contributed by atoms with Gasteiger partial charge in [-0.1, -0.05) is 6.07 Å². The maximum absolute atomic E-state index is 10.7. The highest BCUT2D eigenvalue weighted by atomic mass is 16.4. The number of carboxylic acid groups (broad SMARTS) is 1. The molecule has 1 aromatic rings. The van der Waals surface area contributed by atoms with Crippen molar-refractivity contribution in [1.29, 1.82) is 0 Å². The van der Waals surface area contributed by atoms with Crippen LogP contribution in [0.1, 0.15) is 29.6 Å². The first kappa shape index (κ1) is 9.06. The summed E-state index contributed by atoms with van der Waals surface area (Å²) in [6.45, 7) is 0. The molecular formula is C11H13NO2. The monoisotopic (exact) mass is 191 g/mol. The van der Waals surface area contributed by atoms with Crippen LogP contribution in [0.2, 0.25) is 0 Å². The van der Waals surface area contributed by atoms with Crippen molar-refractivity contribution >= 4 is 11.7 Å². The number of hydrogen-bond donors (Lipinski definition) is 2. The SMILES string of the molecule is O=C(O)c1cccc(NC2CCC2)c1. The minimum Gasteiger partial charge on any atom is -0.478 e. The Hall–Kier alpha value is -1.51. The number of rotatable bonds is 3. The maximum atomic E-state index is 10.7. The molecule has 1 saturated carbocycles. The smallest absolute Gasteiger partial charge is 0.335 e. The molecule has 2 N–H and O–H groups in total. The van der Waals surface area contributed by atoms with Crippen molar-refractivity contribution in [3.63, 3.8) is 0 Å². The molecular weight excluding hydrogens is 178 g/mol. The normalized spacial score (nSPS) is 16.0. The lowest BCUT2D eigenvalue weighted by Gasteiger charge is -2.27. The van der Waals surface area contributed by atoms with Crippen molar-refractivity contribution in [2.24, 2.45) is 0 Å². The Balaban J connectivity index is 2.09. The van der Waals surface area contributed by atoms with Gasteiger partial charge in [-0.3, -0.25) is 0 Å². The minimum absolute atomic E-state index is 0.342. The van der Waals surface area contributed by atoms with E-state index in [-0.39, 0.29) is 0 Å². The van der Waals surface area contributed by atoms with Crippen LogP contribution in [0.3, 0.4) is 0 Å². The summed E-state index contributed by atoms with van der Waals surface area (Å²) in [7, 11) is 0. The molecule has 0 aliphatic heterocycles. The lowest BCUT2D eigenvalue weighted by molar-refractivity contribution is 0.0697. The van der Waals surface area contributed by atoms with Crippen LogP contribution in [-0.2, 0) is 0 Å². The topological polar surface area (TPSA) is 49.3 Å². The molecule has 0 saturated heterocycles. The lowest BCUT2D eigenvalue weighted by atomic mass is 9.93. The highest BCUT2D eigenvalue weighted by Gasteiger charge is 2.16. The molecule has 1 aliphatic carbocycles. The van der Waals surface area contributed by atoms with E-state index in [0.717, 1.165) is 5.69 Å². The second-order valence-electron chi connectivity index (χ2n) is 3.66. The van der Waals surface area contributed by atoms with Crippen LogP contribution in [0.5, 0.6) is 0 Å². The molecule has 0 bridgehead atoms. The molecule has 0 atom stereocenters. The van der Waals surface area contributed by atoms with Gasteiger partial charge in [0.2, 0.25) is 0 Å².